The van der Waals surface area contributed by atoms with Gasteiger partial charge in [-0.25, -0.2) is 0 Å². The molecule has 0 heterocycles. The summed E-state index contributed by atoms with van der Waals surface area (Å²) in [5, 5.41) is 9.03. The molecule has 0 fully saturated rings. The van der Waals surface area contributed by atoms with Gasteiger partial charge >= 0.3 is 5.97 Å². The van der Waals surface area contributed by atoms with Gasteiger partial charge in [0.25, 0.3) is 0 Å². The second-order valence-corrected chi connectivity index (χ2v) is 3.71. The molecule has 3 nitrogen and oxygen atoms in total. The van der Waals surface area contributed by atoms with Gasteiger partial charge in [0.05, 0.1) is 0 Å². The lowest BCUT2D eigenvalue weighted by atomic mass is 10.1. The third-order valence-electron chi connectivity index (χ3n) is 1.58. The Balaban J connectivity index is 0.00000169. The highest BCUT2D eigenvalue weighted by Crippen LogP contribution is 2.29. The summed E-state index contributed by atoms with van der Waals surface area (Å²) in [6.07, 6.45) is 0. The molecule has 0 bridgehead atoms. The van der Waals surface area contributed by atoms with Gasteiger partial charge in [0.1, 0.15) is 6.04 Å². The Morgan fingerprint density at radius 2 is 2.14 bits per heavy atom. The second-order valence-electron chi connectivity index (χ2n) is 2.45. The van der Waals surface area contributed by atoms with Crippen molar-refractivity contribution in [2.75, 3.05) is 0 Å². The SMILES string of the molecule is Cl.N[C@H](C(=O)O)c1c(Cl)cccc1Br. The van der Waals surface area contributed by atoms with E-state index >= 15 is 0 Å². The molecule has 0 amide bonds. The zero-order valence-electron chi connectivity index (χ0n) is 6.91. The number of hydrogen-bond acceptors (Lipinski definition) is 2. The minimum Gasteiger partial charge on any atom is -0.480 e. The van der Waals surface area contributed by atoms with E-state index in [9.17, 15) is 4.79 Å². The van der Waals surface area contributed by atoms with E-state index in [-0.39, 0.29) is 12.4 Å². The molecule has 1 aromatic carbocycles. The molecular formula is C8H8BrCl2NO2. The van der Waals surface area contributed by atoms with E-state index in [0.717, 1.165) is 0 Å². The first-order valence-corrected chi connectivity index (χ1v) is 4.63. The predicted octanol–water partition coefficient (Wildman–Crippen LogP) is 2.61. The van der Waals surface area contributed by atoms with Gasteiger partial charge in [0.15, 0.2) is 0 Å². The van der Waals surface area contributed by atoms with Gasteiger partial charge in [-0.15, -0.1) is 12.4 Å². The molecule has 0 aliphatic heterocycles. The third kappa shape index (κ3) is 2.85. The van der Waals surface area contributed by atoms with Crippen molar-refractivity contribution in [1.29, 1.82) is 0 Å². The van der Waals surface area contributed by atoms with Crippen molar-refractivity contribution < 1.29 is 9.90 Å². The highest BCUT2D eigenvalue weighted by atomic mass is 79.9. The lowest BCUT2D eigenvalue weighted by Crippen LogP contribution is -2.21. The maximum atomic E-state index is 10.6. The van der Waals surface area contributed by atoms with Gasteiger partial charge < -0.3 is 10.8 Å². The topological polar surface area (TPSA) is 63.3 Å². The highest BCUT2D eigenvalue weighted by Gasteiger charge is 2.19. The predicted molar refractivity (Wildman–Crippen MR) is 61.0 cm³/mol. The molecule has 0 saturated heterocycles. The second kappa shape index (κ2) is 5.56. The molecule has 0 aliphatic rings. The Bertz CT molecular complexity index is 326. The molecule has 1 aromatic rings. The van der Waals surface area contributed by atoms with Crippen molar-refractivity contribution >= 4 is 45.9 Å². The van der Waals surface area contributed by atoms with Crippen LogP contribution in [0.15, 0.2) is 22.7 Å². The normalized spacial score (nSPS) is 11.6. The standard InChI is InChI=1S/C8H7BrClNO2.ClH/c9-4-2-1-3-5(10)6(4)7(11)8(12)13;/h1-3,7H,11H2,(H,12,13);1H/t7-;/m0./s1. The zero-order valence-corrected chi connectivity index (χ0v) is 10.1. The maximum absolute atomic E-state index is 10.6. The molecule has 0 aromatic heterocycles. The Hall–Kier alpha value is -0.290. The molecule has 1 rings (SSSR count). The number of halogens is 3. The number of rotatable bonds is 2. The van der Waals surface area contributed by atoms with Crippen LogP contribution in [0.4, 0.5) is 0 Å². The first kappa shape index (κ1) is 13.7. The molecule has 3 N–H and O–H groups in total. The van der Waals surface area contributed by atoms with Crippen molar-refractivity contribution in [3.63, 3.8) is 0 Å². The average molecular weight is 301 g/mol. The summed E-state index contributed by atoms with van der Waals surface area (Å²) in [7, 11) is 0. The van der Waals surface area contributed by atoms with Crippen LogP contribution in [0.1, 0.15) is 11.6 Å². The number of nitrogens with two attached hydrogens (primary N) is 1. The number of carbonyl (C=O) groups is 1. The van der Waals surface area contributed by atoms with Crippen molar-refractivity contribution in [2.24, 2.45) is 5.73 Å². The van der Waals surface area contributed by atoms with E-state index < -0.39 is 12.0 Å². The van der Waals surface area contributed by atoms with Crippen molar-refractivity contribution in [3.05, 3.63) is 33.3 Å². The van der Waals surface area contributed by atoms with Crippen molar-refractivity contribution in [1.82, 2.24) is 0 Å². The lowest BCUT2D eigenvalue weighted by Gasteiger charge is -2.10. The number of benzene rings is 1. The average Bonchev–Trinajstić information content (AvgIpc) is 2.03. The summed E-state index contributed by atoms with van der Waals surface area (Å²) in [5.41, 5.74) is 5.83. The quantitative estimate of drug-likeness (QED) is 0.882. The summed E-state index contributed by atoms with van der Waals surface area (Å²) in [5.74, 6) is -1.10. The van der Waals surface area contributed by atoms with Crippen LogP contribution in [0.25, 0.3) is 0 Å². The van der Waals surface area contributed by atoms with E-state index in [0.29, 0.717) is 15.1 Å². The van der Waals surface area contributed by atoms with Gasteiger partial charge in [0, 0.05) is 15.1 Å². The van der Waals surface area contributed by atoms with Crippen LogP contribution in [-0.2, 0) is 4.79 Å². The van der Waals surface area contributed by atoms with E-state index in [4.69, 9.17) is 22.4 Å². The van der Waals surface area contributed by atoms with Crippen LogP contribution in [0, 0.1) is 0 Å². The van der Waals surface area contributed by atoms with E-state index in [2.05, 4.69) is 15.9 Å². The Labute approximate surface area is 101 Å². The number of hydrogen-bond donors (Lipinski definition) is 2. The highest BCUT2D eigenvalue weighted by molar-refractivity contribution is 9.10. The Kier molecular flexibility index (Phi) is 5.44. The fraction of sp³-hybridized carbons (Fsp3) is 0.125. The summed E-state index contributed by atoms with van der Waals surface area (Å²) in [4.78, 5) is 10.6. The summed E-state index contributed by atoms with van der Waals surface area (Å²) < 4.78 is 0.606. The molecule has 1 atom stereocenters. The molecule has 6 heteroatoms. The molecule has 14 heavy (non-hydrogen) atoms. The molecule has 0 unspecified atom stereocenters. The number of aliphatic carboxylic acids is 1. The van der Waals surface area contributed by atoms with Crippen LogP contribution in [0.3, 0.4) is 0 Å². The summed E-state index contributed by atoms with van der Waals surface area (Å²) in [6.45, 7) is 0. The number of carboxylic acid groups (broad SMARTS) is 1. The summed E-state index contributed by atoms with van der Waals surface area (Å²) >= 11 is 8.98. The first-order chi connectivity index (χ1) is 6.04. The fourth-order valence-corrected chi connectivity index (χ4v) is 1.95. The van der Waals surface area contributed by atoms with Crippen LogP contribution in [-0.4, -0.2) is 11.1 Å². The molecule has 0 spiro atoms. The smallest absolute Gasteiger partial charge is 0.325 e. The molecule has 0 saturated carbocycles. The minimum absolute atomic E-state index is 0. The van der Waals surface area contributed by atoms with E-state index in [1.807, 2.05) is 0 Å². The van der Waals surface area contributed by atoms with Gasteiger partial charge in [-0.2, -0.15) is 0 Å². The Morgan fingerprint density at radius 3 is 2.57 bits per heavy atom. The van der Waals surface area contributed by atoms with Gasteiger partial charge in [-0.3, -0.25) is 4.79 Å². The largest absolute Gasteiger partial charge is 0.480 e. The third-order valence-corrected chi connectivity index (χ3v) is 2.60. The number of carboxylic acids is 1. The van der Waals surface area contributed by atoms with Crippen LogP contribution in [0.5, 0.6) is 0 Å². The Morgan fingerprint density at radius 1 is 1.57 bits per heavy atom. The monoisotopic (exact) mass is 299 g/mol. The van der Waals surface area contributed by atoms with Gasteiger partial charge in [-0.1, -0.05) is 33.6 Å². The molecule has 0 radical (unpaired) electrons. The first-order valence-electron chi connectivity index (χ1n) is 3.46. The molecule has 0 aliphatic carbocycles. The van der Waals surface area contributed by atoms with Gasteiger partial charge in [-0.05, 0) is 12.1 Å². The van der Waals surface area contributed by atoms with Crippen molar-refractivity contribution in [2.45, 2.75) is 6.04 Å². The van der Waals surface area contributed by atoms with E-state index in [1.54, 1.807) is 18.2 Å². The van der Waals surface area contributed by atoms with Crippen molar-refractivity contribution in [3.8, 4) is 0 Å². The summed E-state index contributed by atoms with van der Waals surface area (Å²) in [6, 6.07) is 3.92. The molecular weight excluding hydrogens is 293 g/mol. The van der Waals surface area contributed by atoms with Crippen LogP contribution in [0.2, 0.25) is 5.02 Å². The lowest BCUT2D eigenvalue weighted by molar-refractivity contribution is -0.138. The van der Waals surface area contributed by atoms with E-state index in [1.165, 1.54) is 0 Å². The minimum atomic E-state index is -1.10. The molecule has 78 valence electrons. The zero-order chi connectivity index (χ0) is 10.0. The maximum Gasteiger partial charge on any atom is 0.325 e. The van der Waals surface area contributed by atoms with Crippen LogP contribution < -0.4 is 5.73 Å². The fourth-order valence-electron chi connectivity index (χ4n) is 0.931. The van der Waals surface area contributed by atoms with Crippen LogP contribution >= 0.6 is 39.9 Å². The van der Waals surface area contributed by atoms with Gasteiger partial charge in [0.2, 0.25) is 0 Å².